The van der Waals surface area contributed by atoms with Crippen LogP contribution in [-0.4, -0.2) is 42.0 Å². The zero-order valence-corrected chi connectivity index (χ0v) is 11.3. The van der Waals surface area contributed by atoms with Crippen LogP contribution in [0.2, 0.25) is 0 Å². The maximum absolute atomic E-state index is 12.2. The van der Waals surface area contributed by atoms with E-state index in [1.54, 1.807) is 20.8 Å². The Kier molecular flexibility index (Phi) is 4.47. The molecule has 19 heavy (non-hydrogen) atoms. The van der Waals surface area contributed by atoms with Gasteiger partial charge in [-0.05, 0) is 5.41 Å². The van der Waals surface area contributed by atoms with Crippen molar-refractivity contribution in [2.75, 3.05) is 13.1 Å². The van der Waals surface area contributed by atoms with Crippen LogP contribution in [0.5, 0.6) is 0 Å². The van der Waals surface area contributed by atoms with Crippen molar-refractivity contribution in [2.24, 2.45) is 5.41 Å². The Morgan fingerprint density at radius 2 is 1.84 bits per heavy atom. The molecule has 1 unspecified atom stereocenters. The summed E-state index contributed by atoms with van der Waals surface area (Å²) in [4.78, 5) is 24.8. The van der Waals surface area contributed by atoms with Crippen LogP contribution in [0.3, 0.4) is 0 Å². The summed E-state index contributed by atoms with van der Waals surface area (Å²) in [6.45, 7) is 4.94. The van der Waals surface area contributed by atoms with Gasteiger partial charge in [0.05, 0.1) is 6.42 Å². The number of nitrogens with zero attached hydrogens (tertiary/aromatic N) is 1. The molecule has 0 spiro atoms. The van der Waals surface area contributed by atoms with Crippen LogP contribution in [0.1, 0.15) is 33.6 Å². The summed E-state index contributed by atoms with van der Waals surface area (Å²) < 4.78 is 36.7. The van der Waals surface area contributed by atoms with Crippen LogP contribution >= 0.6 is 0 Å². The lowest BCUT2D eigenvalue weighted by Gasteiger charge is -2.32. The first-order chi connectivity index (χ1) is 8.50. The monoisotopic (exact) mass is 280 g/mol. The summed E-state index contributed by atoms with van der Waals surface area (Å²) >= 11 is 0. The average Bonchev–Trinajstić information content (AvgIpc) is 2.35. The normalized spacial score (nSPS) is 22.2. The highest BCUT2D eigenvalue weighted by atomic mass is 19.4. The summed E-state index contributed by atoms with van der Waals surface area (Å²) in [5.41, 5.74) is -0.534. The summed E-state index contributed by atoms with van der Waals surface area (Å²) in [6.07, 6.45) is -5.32. The molecule has 0 aliphatic carbocycles. The van der Waals surface area contributed by atoms with E-state index in [1.165, 1.54) is 0 Å². The second-order valence-corrected chi connectivity index (χ2v) is 5.81. The van der Waals surface area contributed by atoms with E-state index >= 15 is 0 Å². The fourth-order valence-electron chi connectivity index (χ4n) is 1.89. The fourth-order valence-corrected chi connectivity index (χ4v) is 1.89. The number of rotatable bonds is 2. The lowest BCUT2D eigenvalue weighted by atomic mass is 9.86. The third-order valence-corrected chi connectivity index (χ3v) is 3.00. The molecule has 1 aliphatic heterocycles. The minimum absolute atomic E-state index is 0.0350. The predicted octanol–water partition coefficient (Wildman–Crippen LogP) is 1.70. The van der Waals surface area contributed by atoms with Crippen LogP contribution in [-0.2, 0) is 9.59 Å². The van der Waals surface area contributed by atoms with Crippen molar-refractivity contribution in [3.05, 3.63) is 0 Å². The number of halogens is 3. The van der Waals surface area contributed by atoms with Gasteiger partial charge in [-0.15, -0.1) is 0 Å². The van der Waals surface area contributed by atoms with E-state index in [1.807, 2.05) is 0 Å². The highest BCUT2D eigenvalue weighted by molar-refractivity contribution is 5.90. The minimum Gasteiger partial charge on any atom is -0.344 e. The van der Waals surface area contributed by atoms with Gasteiger partial charge in [0.25, 0.3) is 0 Å². The topological polar surface area (TPSA) is 49.4 Å². The minimum atomic E-state index is -4.30. The first-order valence-corrected chi connectivity index (χ1v) is 6.15. The SMILES string of the molecule is CC(C)(C)C1NC(=O)CCN(CCC(F)(F)F)C1=O. The molecule has 0 bridgehead atoms. The molecule has 1 atom stereocenters. The van der Waals surface area contributed by atoms with Gasteiger partial charge in [0.1, 0.15) is 6.04 Å². The largest absolute Gasteiger partial charge is 0.390 e. The Balaban J connectivity index is 2.81. The van der Waals surface area contributed by atoms with E-state index in [0.717, 1.165) is 4.90 Å². The van der Waals surface area contributed by atoms with Crippen molar-refractivity contribution >= 4 is 11.8 Å². The summed E-state index contributed by atoms with van der Waals surface area (Å²) in [7, 11) is 0. The van der Waals surface area contributed by atoms with Crippen molar-refractivity contribution in [3.8, 4) is 0 Å². The van der Waals surface area contributed by atoms with Crippen LogP contribution in [0.4, 0.5) is 13.2 Å². The zero-order valence-electron chi connectivity index (χ0n) is 11.3. The molecule has 0 aromatic heterocycles. The zero-order chi connectivity index (χ0) is 14.8. The van der Waals surface area contributed by atoms with Gasteiger partial charge >= 0.3 is 6.18 Å². The van der Waals surface area contributed by atoms with Crippen molar-refractivity contribution in [1.82, 2.24) is 10.2 Å². The van der Waals surface area contributed by atoms with Crippen molar-refractivity contribution in [3.63, 3.8) is 0 Å². The quantitative estimate of drug-likeness (QED) is 0.837. The highest BCUT2D eigenvalue weighted by Crippen LogP contribution is 2.25. The van der Waals surface area contributed by atoms with Gasteiger partial charge in [0.15, 0.2) is 0 Å². The van der Waals surface area contributed by atoms with E-state index in [9.17, 15) is 22.8 Å². The standard InChI is InChI=1S/C12H19F3N2O2/c1-11(2,3)9-10(19)17(6-4-8(18)16-9)7-5-12(13,14)15/h9H,4-7H2,1-3H3,(H,16,18). The Morgan fingerprint density at radius 1 is 1.26 bits per heavy atom. The van der Waals surface area contributed by atoms with Crippen LogP contribution in [0.25, 0.3) is 0 Å². The van der Waals surface area contributed by atoms with Gasteiger partial charge in [-0.2, -0.15) is 13.2 Å². The molecule has 2 amide bonds. The fraction of sp³-hybridized carbons (Fsp3) is 0.833. The smallest absolute Gasteiger partial charge is 0.344 e. The van der Waals surface area contributed by atoms with Crippen molar-refractivity contribution in [1.29, 1.82) is 0 Å². The number of hydrogen-bond acceptors (Lipinski definition) is 2. The van der Waals surface area contributed by atoms with E-state index in [0.29, 0.717) is 0 Å². The maximum atomic E-state index is 12.2. The molecule has 0 saturated carbocycles. The molecular formula is C12H19F3N2O2. The predicted molar refractivity (Wildman–Crippen MR) is 63.3 cm³/mol. The van der Waals surface area contributed by atoms with E-state index in [-0.39, 0.29) is 18.9 Å². The van der Waals surface area contributed by atoms with Crippen LogP contribution in [0, 0.1) is 5.41 Å². The molecule has 1 N–H and O–H groups in total. The number of hydrogen-bond donors (Lipinski definition) is 1. The molecular weight excluding hydrogens is 261 g/mol. The molecule has 110 valence electrons. The van der Waals surface area contributed by atoms with Crippen LogP contribution < -0.4 is 5.32 Å². The molecule has 0 radical (unpaired) electrons. The number of alkyl halides is 3. The molecule has 0 aromatic rings. The second-order valence-electron chi connectivity index (χ2n) is 5.81. The Morgan fingerprint density at radius 3 is 2.32 bits per heavy atom. The number of carbonyl (C=O) groups is 2. The molecule has 1 saturated heterocycles. The molecule has 7 heteroatoms. The first-order valence-electron chi connectivity index (χ1n) is 6.15. The van der Waals surface area contributed by atoms with Gasteiger partial charge in [-0.3, -0.25) is 9.59 Å². The molecule has 1 rings (SSSR count). The Hall–Kier alpha value is -1.27. The molecule has 4 nitrogen and oxygen atoms in total. The third-order valence-electron chi connectivity index (χ3n) is 3.00. The van der Waals surface area contributed by atoms with Crippen molar-refractivity contribution < 1.29 is 22.8 Å². The summed E-state index contributed by atoms with van der Waals surface area (Å²) in [5.74, 6) is -0.745. The molecule has 0 aromatic carbocycles. The molecule has 1 fully saturated rings. The average molecular weight is 280 g/mol. The van der Waals surface area contributed by atoms with Gasteiger partial charge in [-0.25, -0.2) is 0 Å². The maximum Gasteiger partial charge on any atom is 0.390 e. The van der Waals surface area contributed by atoms with Gasteiger partial charge in [0.2, 0.25) is 11.8 Å². The van der Waals surface area contributed by atoms with Gasteiger partial charge in [0, 0.05) is 19.5 Å². The molecule has 1 heterocycles. The summed E-state index contributed by atoms with van der Waals surface area (Å²) in [6, 6.07) is -0.782. The third kappa shape index (κ3) is 4.72. The number of nitrogens with one attached hydrogen (secondary N) is 1. The Bertz CT molecular complexity index is 361. The van der Waals surface area contributed by atoms with E-state index in [4.69, 9.17) is 0 Å². The number of amides is 2. The van der Waals surface area contributed by atoms with Gasteiger partial charge < -0.3 is 10.2 Å². The lowest BCUT2D eigenvalue weighted by Crippen LogP contribution is -2.52. The van der Waals surface area contributed by atoms with E-state index < -0.39 is 36.5 Å². The first kappa shape index (κ1) is 15.8. The molecule has 1 aliphatic rings. The van der Waals surface area contributed by atoms with Crippen molar-refractivity contribution in [2.45, 2.75) is 45.8 Å². The lowest BCUT2D eigenvalue weighted by molar-refractivity contribution is -0.147. The highest BCUT2D eigenvalue weighted by Gasteiger charge is 2.39. The number of carbonyl (C=O) groups excluding carboxylic acids is 2. The van der Waals surface area contributed by atoms with Crippen LogP contribution in [0.15, 0.2) is 0 Å². The van der Waals surface area contributed by atoms with E-state index in [2.05, 4.69) is 5.32 Å². The summed E-state index contributed by atoms with van der Waals surface area (Å²) in [5, 5.41) is 2.58. The Labute approximate surface area is 110 Å². The second kappa shape index (κ2) is 5.38. The van der Waals surface area contributed by atoms with Gasteiger partial charge in [-0.1, -0.05) is 20.8 Å².